The van der Waals surface area contributed by atoms with E-state index in [1.165, 1.54) is 11.1 Å². The fraction of sp³-hybridized carbons (Fsp3) is 0.200. The fourth-order valence-electron chi connectivity index (χ4n) is 3.37. The minimum absolute atomic E-state index is 0.495. The fourth-order valence-corrected chi connectivity index (χ4v) is 3.37. The number of anilines is 2. The average Bonchev–Trinajstić information content (AvgIpc) is 3.00. The largest absolute Gasteiger partial charge is 0.382 e. The Labute approximate surface area is 146 Å². The summed E-state index contributed by atoms with van der Waals surface area (Å²) in [5.74, 6) is 1.40. The number of hydrogen-bond donors (Lipinski definition) is 1. The number of aromatic nitrogens is 3. The maximum absolute atomic E-state index is 6.21. The Morgan fingerprint density at radius 2 is 1.72 bits per heavy atom. The van der Waals surface area contributed by atoms with Crippen molar-refractivity contribution < 1.29 is 0 Å². The van der Waals surface area contributed by atoms with E-state index in [0.29, 0.717) is 5.82 Å². The van der Waals surface area contributed by atoms with Crippen molar-refractivity contribution in [3.05, 3.63) is 53.7 Å². The molecule has 0 saturated heterocycles. The van der Waals surface area contributed by atoms with E-state index in [2.05, 4.69) is 58.5 Å². The SMILES string of the molecule is Cc1cccc(C)c1-c1ncc2c(N)nc3ccc(N(C)C)cc3n12. The molecular formula is C20H21N5. The maximum Gasteiger partial charge on any atom is 0.150 e. The minimum atomic E-state index is 0.495. The molecule has 4 aromatic rings. The lowest BCUT2D eigenvalue weighted by Gasteiger charge is -2.15. The van der Waals surface area contributed by atoms with Crippen molar-refractivity contribution in [1.29, 1.82) is 0 Å². The third kappa shape index (κ3) is 2.31. The smallest absolute Gasteiger partial charge is 0.150 e. The highest BCUT2D eigenvalue weighted by atomic mass is 15.1. The van der Waals surface area contributed by atoms with E-state index in [1.54, 1.807) is 0 Å². The molecule has 2 aromatic heterocycles. The van der Waals surface area contributed by atoms with Gasteiger partial charge in [0, 0.05) is 25.3 Å². The van der Waals surface area contributed by atoms with E-state index in [4.69, 9.17) is 10.7 Å². The Balaban J connectivity index is 2.17. The second-order valence-electron chi connectivity index (χ2n) is 6.63. The predicted molar refractivity (Wildman–Crippen MR) is 104 cm³/mol. The van der Waals surface area contributed by atoms with Gasteiger partial charge in [-0.2, -0.15) is 0 Å². The summed E-state index contributed by atoms with van der Waals surface area (Å²) in [6, 6.07) is 12.5. The van der Waals surface area contributed by atoms with Crippen molar-refractivity contribution in [1.82, 2.24) is 14.4 Å². The molecule has 0 aliphatic heterocycles. The molecule has 0 unspecified atom stereocenters. The van der Waals surface area contributed by atoms with Gasteiger partial charge in [0.05, 0.1) is 17.2 Å². The van der Waals surface area contributed by atoms with Crippen LogP contribution in [0.4, 0.5) is 11.5 Å². The summed E-state index contributed by atoms with van der Waals surface area (Å²) in [4.78, 5) is 11.3. The normalized spacial score (nSPS) is 11.4. The summed E-state index contributed by atoms with van der Waals surface area (Å²) >= 11 is 0. The summed E-state index contributed by atoms with van der Waals surface area (Å²) < 4.78 is 2.12. The number of imidazole rings is 1. The van der Waals surface area contributed by atoms with Crippen molar-refractivity contribution >= 4 is 28.1 Å². The number of nitrogens with two attached hydrogens (primary N) is 1. The third-order valence-corrected chi connectivity index (χ3v) is 4.69. The standard InChI is InChI=1S/C20H21N5/c1-12-6-5-7-13(2)18(12)20-22-11-17-19(21)23-15-9-8-14(24(3)4)10-16(15)25(17)20/h5-11H,1-4H3,(H2,21,23). The molecule has 0 saturated carbocycles. The van der Waals surface area contributed by atoms with Gasteiger partial charge in [-0.25, -0.2) is 9.97 Å². The first kappa shape index (κ1) is 15.4. The first-order valence-electron chi connectivity index (χ1n) is 8.28. The highest BCUT2D eigenvalue weighted by Crippen LogP contribution is 2.32. The number of nitrogens with zero attached hydrogens (tertiary/aromatic N) is 4. The molecule has 0 spiro atoms. The van der Waals surface area contributed by atoms with Crippen LogP contribution in [0.1, 0.15) is 11.1 Å². The quantitative estimate of drug-likeness (QED) is 0.607. The van der Waals surface area contributed by atoms with E-state index in [1.807, 2.05) is 26.4 Å². The van der Waals surface area contributed by atoms with Crippen molar-refractivity contribution in [3.63, 3.8) is 0 Å². The van der Waals surface area contributed by atoms with Crippen molar-refractivity contribution in [2.45, 2.75) is 13.8 Å². The van der Waals surface area contributed by atoms with Crippen LogP contribution >= 0.6 is 0 Å². The summed E-state index contributed by atoms with van der Waals surface area (Å²) in [6.45, 7) is 4.22. The van der Waals surface area contributed by atoms with Gasteiger partial charge in [0.1, 0.15) is 17.2 Å². The van der Waals surface area contributed by atoms with Crippen LogP contribution in [0.3, 0.4) is 0 Å². The lowest BCUT2D eigenvalue weighted by atomic mass is 10.0. The first-order chi connectivity index (χ1) is 12.0. The van der Waals surface area contributed by atoms with Crippen LogP contribution in [0, 0.1) is 13.8 Å². The Hall–Kier alpha value is -3.08. The van der Waals surface area contributed by atoms with Gasteiger partial charge in [0.25, 0.3) is 0 Å². The van der Waals surface area contributed by atoms with Crippen LogP contribution in [0.15, 0.2) is 42.6 Å². The molecule has 2 N–H and O–H groups in total. The summed E-state index contributed by atoms with van der Waals surface area (Å²) in [5, 5.41) is 0. The molecule has 5 heteroatoms. The van der Waals surface area contributed by atoms with Gasteiger partial charge in [-0.1, -0.05) is 18.2 Å². The second kappa shape index (κ2) is 5.48. The molecule has 0 bridgehead atoms. The number of fused-ring (bicyclic) bond motifs is 3. The molecule has 25 heavy (non-hydrogen) atoms. The average molecular weight is 331 g/mol. The van der Waals surface area contributed by atoms with Crippen molar-refractivity contribution in [2.75, 3.05) is 24.7 Å². The molecule has 2 heterocycles. The van der Waals surface area contributed by atoms with Crippen LogP contribution in [0.2, 0.25) is 0 Å². The topological polar surface area (TPSA) is 59.5 Å². The molecule has 4 rings (SSSR count). The molecule has 0 atom stereocenters. The first-order valence-corrected chi connectivity index (χ1v) is 8.28. The van der Waals surface area contributed by atoms with E-state index in [9.17, 15) is 0 Å². The zero-order chi connectivity index (χ0) is 17.7. The Bertz CT molecular complexity index is 1090. The molecule has 0 aliphatic rings. The van der Waals surface area contributed by atoms with Crippen LogP contribution < -0.4 is 10.6 Å². The minimum Gasteiger partial charge on any atom is -0.382 e. The highest BCUT2D eigenvalue weighted by Gasteiger charge is 2.16. The Morgan fingerprint density at radius 3 is 2.40 bits per heavy atom. The molecule has 126 valence electrons. The Morgan fingerprint density at radius 1 is 1.00 bits per heavy atom. The summed E-state index contributed by atoms with van der Waals surface area (Å²) in [5.41, 5.74) is 13.6. The van der Waals surface area contributed by atoms with E-state index < -0.39 is 0 Å². The molecular weight excluding hydrogens is 310 g/mol. The zero-order valence-corrected chi connectivity index (χ0v) is 14.9. The molecule has 2 aromatic carbocycles. The van der Waals surface area contributed by atoms with Gasteiger partial charge < -0.3 is 10.6 Å². The lowest BCUT2D eigenvalue weighted by Crippen LogP contribution is -2.09. The summed E-state index contributed by atoms with van der Waals surface area (Å²) in [6.07, 6.45) is 1.81. The number of nitrogen functional groups attached to an aromatic ring is 1. The van der Waals surface area contributed by atoms with Gasteiger partial charge in [-0.3, -0.25) is 4.40 Å². The van der Waals surface area contributed by atoms with E-state index in [0.717, 1.165) is 33.6 Å². The zero-order valence-electron chi connectivity index (χ0n) is 14.9. The molecule has 5 nitrogen and oxygen atoms in total. The molecule has 0 aliphatic carbocycles. The molecule has 0 radical (unpaired) electrons. The number of aryl methyl sites for hydroxylation is 2. The van der Waals surface area contributed by atoms with E-state index >= 15 is 0 Å². The second-order valence-corrected chi connectivity index (χ2v) is 6.63. The van der Waals surface area contributed by atoms with E-state index in [-0.39, 0.29) is 0 Å². The molecule has 0 amide bonds. The number of rotatable bonds is 2. The van der Waals surface area contributed by atoms with Gasteiger partial charge in [0.2, 0.25) is 0 Å². The maximum atomic E-state index is 6.21. The highest BCUT2D eigenvalue weighted by molar-refractivity contribution is 5.89. The van der Waals surface area contributed by atoms with Crippen molar-refractivity contribution in [3.8, 4) is 11.4 Å². The van der Waals surface area contributed by atoms with Gasteiger partial charge in [-0.15, -0.1) is 0 Å². The molecule has 0 fully saturated rings. The number of hydrogen-bond acceptors (Lipinski definition) is 4. The van der Waals surface area contributed by atoms with Crippen molar-refractivity contribution in [2.24, 2.45) is 0 Å². The van der Waals surface area contributed by atoms with Crippen LogP contribution in [-0.4, -0.2) is 28.5 Å². The lowest BCUT2D eigenvalue weighted by molar-refractivity contribution is 1.12. The number of benzene rings is 2. The van der Waals surface area contributed by atoms with Crippen LogP contribution in [0.5, 0.6) is 0 Å². The van der Waals surface area contributed by atoms with Gasteiger partial charge in [-0.05, 0) is 43.2 Å². The Kier molecular flexibility index (Phi) is 3.39. The van der Waals surface area contributed by atoms with Crippen LogP contribution in [-0.2, 0) is 0 Å². The van der Waals surface area contributed by atoms with Gasteiger partial charge >= 0.3 is 0 Å². The van der Waals surface area contributed by atoms with Crippen LogP contribution in [0.25, 0.3) is 27.9 Å². The third-order valence-electron chi connectivity index (χ3n) is 4.69. The monoisotopic (exact) mass is 331 g/mol. The predicted octanol–water partition coefficient (Wildman–Crippen LogP) is 3.81. The van der Waals surface area contributed by atoms with Gasteiger partial charge in [0.15, 0.2) is 0 Å². The summed E-state index contributed by atoms with van der Waals surface area (Å²) in [7, 11) is 4.06.